The van der Waals surface area contributed by atoms with Crippen LogP contribution in [-0.4, -0.2) is 34.6 Å². The highest BCUT2D eigenvalue weighted by molar-refractivity contribution is 6.30. The minimum atomic E-state index is 0.591. The normalized spacial score (nSPS) is 23.5. The van der Waals surface area contributed by atoms with Crippen molar-refractivity contribution in [2.45, 2.75) is 25.7 Å². The maximum Gasteiger partial charge on any atom is 0.225 e. The van der Waals surface area contributed by atoms with E-state index in [4.69, 9.17) is 16.3 Å². The lowest BCUT2D eigenvalue weighted by molar-refractivity contribution is 0.283. The van der Waals surface area contributed by atoms with Crippen molar-refractivity contribution in [3.8, 4) is 5.75 Å². The molecule has 1 aliphatic heterocycles. The van der Waals surface area contributed by atoms with Gasteiger partial charge < -0.3 is 9.64 Å². The fraction of sp³-hybridized carbons (Fsp3) is 0.526. The van der Waals surface area contributed by atoms with E-state index >= 15 is 0 Å². The maximum absolute atomic E-state index is 5.86. The van der Waals surface area contributed by atoms with Gasteiger partial charge >= 0.3 is 0 Å². The molecule has 2 fully saturated rings. The summed E-state index contributed by atoms with van der Waals surface area (Å²) in [5, 5.41) is 0.591. The van der Waals surface area contributed by atoms with Gasteiger partial charge in [0.1, 0.15) is 5.75 Å². The quantitative estimate of drug-likeness (QED) is 0.785. The third-order valence-corrected chi connectivity index (χ3v) is 5.60. The molecule has 2 aliphatic rings. The highest BCUT2D eigenvalue weighted by Crippen LogP contribution is 2.49. The van der Waals surface area contributed by atoms with Crippen LogP contribution in [0.25, 0.3) is 0 Å². The van der Waals surface area contributed by atoms with Crippen LogP contribution < -0.4 is 9.64 Å². The Kier molecular flexibility index (Phi) is 5.02. The number of piperidine rings is 1. The molecule has 0 spiro atoms. The fourth-order valence-corrected chi connectivity index (χ4v) is 4.03. The third kappa shape index (κ3) is 4.21. The van der Waals surface area contributed by atoms with Crippen molar-refractivity contribution < 1.29 is 4.74 Å². The average molecular weight is 359 g/mol. The van der Waals surface area contributed by atoms with Gasteiger partial charge in [-0.15, -0.1) is 0 Å². The van der Waals surface area contributed by atoms with E-state index in [0.717, 1.165) is 55.6 Å². The molecule has 0 N–H and O–H groups in total. The Morgan fingerprint density at radius 2 is 1.96 bits per heavy atom. The second-order valence-corrected chi connectivity index (χ2v) is 7.45. The molecule has 5 nitrogen and oxygen atoms in total. The van der Waals surface area contributed by atoms with Gasteiger partial charge in [-0.1, -0.05) is 11.6 Å². The van der Waals surface area contributed by atoms with Gasteiger partial charge in [0.2, 0.25) is 5.95 Å². The maximum atomic E-state index is 5.86. The molecule has 2 unspecified atom stereocenters. The highest BCUT2D eigenvalue weighted by atomic mass is 35.5. The van der Waals surface area contributed by atoms with Gasteiger partial charge in [0, 0.05) is 19.3 Å². The third-order valence-electron chi connectivity index (χ3n) is 5.40. The first kappa shape index (κ1) is 16.6. The van der Waals surface area contributed by atoms with Crippen molar-refractivity contribution in [3.05, 3.63) is 41.9 Å². The van der Waals surface area contributed by atoms with Crippen molar-refractivity contribution in [2.24, 2.45) is 17.8 Å². The minimum absolute atomic E-state index is 0.591. The van der Waals surface area contributed by atoms with Crippen LogP contribution in [-0.2, 0) is 0 Å². The van der Waals surface area contributed by atoms with Gasteiger partial charge in [-0.25, -0.2) is 9.97 Å². The number of anilines is 1. The van der Waals surface area contributed by atoms with Crippen LogP contribution in [0.2, 0.25) is 5.02 Å². The van der Waals surface area contributed by atoms with E-state index in [9.17, 15) is 0 Å². The Balaban J connectivity index is 1.18. The monoisotopic (exact) mass is 358 g/mol. The highest BCUT2D eigenvalue weighted by Gasteiger charge is 2.43. The van der Waals surface area contributed by atoms with Crippen LogP contribution in [0.5, 0.6) is 5.75 Å². The summed E-state index contributed by atoms with van der Waals surface area (Å²) in [6, 6.07) is 3.87. The van der Waals surface area contributed by atoms with Gasteiger partial charge in [-0.05, 0) is 55.6 Å². The summed E-state index contributed by atoms with van der Waals surface area (Å²) in [5.41, 5.74) is 0. The zero-order valence-electron chi connectivity index (χ0n) is 14.2. The van der Waals surface area contributed by atoms with E-state index in [1.54, 1.807) is 24.8 Å². The largest absolute Gasteiger partial charge is 0.492 e. The fourth-order valence-electron chi connectivity index (χ4n) is 3.94. The van der Waals surface area contributed by atoms with Crippen molar-refractivity contribution >= 4 is 17.5 Å². The predicted octanol–water partition coefficient (Wildman–Crippen LogP) is 3.85. The van der Waals surface area contributed by atoms with E-state index < -0.39 is 0 Å². The average Bonchev–Trinajstić information content (AvgIpc) is 3.43. The zero-order chi connectivity index (χ0) is 17.1. The molecule has 1 saturated heterocycles. The van der Waals surface area contributed by atoms with Crippen LogP contribution in [0.3, 0.4) is 0 Å². The minimum Gasteiger partial charge on any atom is -0.492 e. The Morgan fingerprint density at radius 1 is 1.16 bits per heavy atom. The van der Waals surface area contributed by atoms with Gasteiger partial charge in [-0.3, -0.25) is 4.98 Å². The Bertz CT molecular complexity index is 674. The molecule has 0 bridgehead atoms. The Morgan fingerprint density at radius 3 is 2.68 bits per heavy atom. The van der Waals surface area contributed by atoms with Gasteiger partial charge in [0.15, 0.2) is 0 Å². The Hall–Kier alpha value is -1.88. The number of rotatable bonds is 6. The van der Waals surface area contributed by atoms with E-state index in [1.165, 1.54) is 19.3 Å². The van der Waals surface area contributed by atoms with Crippen LogP contribution in [0.15, 0.2) is 36.9 Å². The smallest absolute Gasteiger partial charge is 0.225 e. The lowest BCUT2D eigenvalue weighted by Crippen LogP contribution is -2.35. The van der Waals surface area contributed by atoms with Crippen molar-refractivity contribution in [2.75, 3.05) is 24.6 Å². The lowest BCUT2D eigenvalue weighted by Gasteiger charge is -2.32. The molecule has 2 atom stereocenters. The molecule has 6 heteroatoms. The van der Waals surface area contributed by atoms with E-state index in [0.29, 0.717) is 5.02 Å². The molecule has 0 aromatic carbocycles. The molecule has 2 aromatic heterocycles. The Labute approximate surface area is 153 Å². The zero-order valence-corrected chi connectivity index (χ0v) is 15.0. The van der Waals surface area contributed by atoms with Gasteiger partial charge in [0.05, 0.1) is 30.2 Å². The predicted molar refractivity (Wildman–Crippen MR) is 97.9 cm³/mol. The lowest BCUT2D eigenvalue weighted by atomic mass is 9.90. The topological polar surface area (TPSA) is 51.1 Å². The second-order valence-electron chi connectivity index (χ2n) is 7.01. The molecule has 1 saturated carbocycles. The molecule has 1 aliphatic carbocycles. The van der Waals surface area contributed by atoms with Crippen molar-refractivity contribution in [1.29, 1.82) is 0 Å². The van der Waals surface area contributed by atoms with E-state index in [1.807, 2.05) is 12.1 Å². The summed E-state index contributed by atoms with van der Waals surface area (Å²) in [6.07, 6.45) is 11.9. The summed E-state index contributed by atoms with van der Waals surface area (Å²) < 4.78 is 5.78. The summed E-state index contributed by atoms with van der Waals surface area (Å²) in [6.45, 7) is 2.88. The molecule has 132 valence electrons. The van der Waals surface area contributed by atoms with Crippen LogP contribution in [0.4, 0.5) is 5.95 Å². The van der Waals surface area contributed by atoms with E-state index in [2.05, 4.69) is 19.9 Å². The number of hydrogen-bond acceptors (Lipinski definition) is 5. The molecule has 4 rings (SSSR count). The number of hydrogen-bond donors (Lipinski definition) is 0. The number of aromatic nitrogens is 3. The SMILES string of the molecule is Clc1cnc(N2CCC(C3CC3CCOc3cccnc3)CC2)nc1. The second kappa shape index (κ2) is 7.56. The molecule has 3 heterocycles. The molecule has 0 radical (unpaired) electrons. The molecular weight excluding hydrogens is 336 g/mol. The van der Waals surface area contributed by atoms with Crippen molar-refractivity contribution in [3.63, 3.8) is 0 Å². The van der Waals surface area contributed by atoms with Crippen molar-refractivity contribution in [1.82, 2.24) is 15.0 Å². The summed E-state index contributed by atoms with van der Waals surface area (Å²) in [4.78, 5) is 15.0. The molecular formula is C19H23ClN4O. The van der Waals surface area contributed by atoms with Gasteiger partial charge in [0.25, 0.3) is 0 Å². The molecule has 2 aromatic rings. The number of ether oxygens (including phenoxy) is 1. The first-order valence-corrected chi connectivity index (χ1v) is 9.43. The summed E-state index contributed by atoms with van der Waals surface area (Å²) in [5.74, 6) is 4.23. The number of halogens is 1. The van der Waals surface area contributed by atoms with Crippen LogP contribution in [0.1, 0.15) is 25.7 Å². The molecule has 0 amide bonds. The first-order chi connectivity index (χ1) is 12.3. The summed E-state index contributed by atoms with van der Waals surface area (Å²) >= 11 is 5.86. The van der Waals surface area contributed by atoms with Gasteiger partial charge in [-0.2, -0.15) is 0 Å². The number of nitrogens with zero attached hydrogens (tertiary/aromatic N) is 4. The molecule has 25 heavy (non-hydrogen) atoms. The number of pyridine rings is 1. The van der Waals surface area contributed by atoms with Crippen LogP contribution >= 0.6 is 11.6 Å². The standard InChI is InChI=1S/C19H23ClN4O/c20-16-11-22-19(23-12-16)24-7-3-14(4-8-24)18-10-15(18)5-9-25-17-2-1-6-21-13-17/h1-2,6,11-15,18H,3-5,7-10H2. The van der Waals surface area contributed by atoms with E-state index in [-0.39, 0.29) is 0 Å². The van der Waals surface area contributed by atoms with Crippen LogP contribution in [0, 0.1) is 17.8 Å². The first-order valence-electron chi connectivity index (χ1n) is 9.05. The summed E-state index contributed by atoms with van der Waals surface area (Å²) in [7, 11) is 0.